The highest BCUT2D eigenvalue weighted by atomic mass is 32.1. The van der Waals surface area contributed by atoms with Crippen LogP contribution in [0.15, 0.2) is 58.8 Å². The summed E-state index contributed by atoms with van der Waals surface area (Å²) in [7, 11) is 1.46. The van der Waals surface area contributed by atoms with Gasteiger partial charge in [0.1, 0.15) is 24.0 Å². The Balaban J connectivity index is 1.17. The number of piperazine rings is 1. The minimum atomic E-state index is -0.908. The summed E-state index contributed by atoms with van der Waals surface area (Å²) < 4.78 is 34.5. The van der Waals surface area contributed by atoms with E-state index in [-0.39, 0.29) is 47.6 Å². The zero-order valence-electron chi connectivity index (χ0n) is 27.7. The van der Waals surface area contributed by atoms with E-state index in [0.717, 1.165) is 12.8 Å². The molecule has 0 spiro atoms. The number of nitrogens with one attached hydrogen (secondary N) is 1. The second-order valence-corrected chi connectivity index (χ2v) is 13.5. The number of pyridine rings is 1. The lowest BCUT2D eigenvalue weighted by Crippen LogP contribution is -2.49. The number of benzene rings is 2. The number of carbonyl (C=O) groups excluding carboxylic acids is 3. The highest BCUT2D eigenvalue weighted by Gasteiger charge is 2.33. The van der Waals surface area contributed by atoms with Crippen LogP contribution >= 0.6 is 11.3 Å². The molecule has 1 saturated heterocycles. The number of thiophene rings is 1. The van der Waals surface area contributed by atoms with E-state index in [1.54, 1.807) is 37.3 Å². The fourth-order valence-electron chi connectivity index (χ4n) is 6.15. The van der Waals surface area contributed by atoms with Gasteiger partial charge in [0.2, 0.25) is 11.2 Å². The zero-order chi connectivity index (χ0) is 34.8. The van der Waals surface area contributed by atoms with Gasteiger partial charge in [-0.05, 0) is 63.1 Å². The third-order valence-electron chi connectivity index (χ3n) is 9.02. The second kappa shape index (κ2) is 14.5. The number of halogens is 1. The maximum Gasteiger partial charge on any atom is 0.343 e. The van der Waals surface area contributed by atoms with E-state index in [1.165, 1.54) is 30.7 Å². The number of carbonyl (C=O) groups is 3. The highest BCUT2D eigenvalue weighted by Crippen LogP contribution is 2.44. The molecule has 1 saturated carbocycles. The van der Waals surface area contributed by atoms with Gasteiger partial charge >= 0.3 is 11.9 Å². The van der Waals surface area contributed by atoms with Crippen LogP contribution in [0.4, 0.5) is 10.1 Å². The molecule has 2 aromatic carbocycles. The van der Waals surface area contributed by atoms with Crippen molar-refractivity contribution in [1.29, 1.82) is 0 Å². The van der Waals surface area contributed by atoms with Crippen molar-refractivity contribution >= 4 is 45.6 Å². The first-order valence-corrected chi connectivity index (χ1v) is 17.3. The van der Waals surface area contributed by atoms with Crippen LogP contribution in [0.3, 0.4) is 0 Å². The van der Waals surface area contributed by atoms with Crippen molar-refractivity contribution in [2.24, 2.45) is 0 Å². The molecule has 2 fully saturated rings. The molecule has 2 aliphatic rings. The molecule has 10 nitrogen and oxygen atoms in total. The lowest BCUT2D eigenvalue weighted by Gasteiger charge is -2.35. The van der Waals surface area contributed by atoms with Gasteiger partial charge in [0.15, 0.2) is 11.6 Å². The minimum absolute atomic E-state index is 0.0155. The van der Waals surface area contributed by atoms with E-state index in [1.807, 2.05) is 27.8 Å². The third-order valence-corrected chi connectivity index (χ3v) is 9.89. The second-order valence-electron chi connectivity index (χ2n) is 12.5. The summed E-state index contributed by atoms with van der Waals surface area (Å²) in [6, 6.07) is 11.7. The number of ether oxygens (including phenoxy) is 3. The summed E-state index contributed by atoms with van der Waals surface area (Å²) in [6.07, 6.45) is 2.37. The number of anilines is 1. The summed E-state index contributed by atoms with van der Waals surface area (Å²) in [5.74, 6) is -2.57. The number of nitrogens with zero attached hydrogens (tertiary/aromatic N) is 2. The smallest absolute Gasteiger partial charge is 0.343 e. The van der Waals surface area contributed by atoms with Crippen LogP contribution in [0.25, 0.3) is 10.9 Å². The SMILES string of the molecule is [CH2]CC(COC(=O)c1cn(C2CC2)c2c(OC)c(N3CCNC(C)C3)c(F)cc2c1=O)OC(=O)C(C)c1ccc(C(=O)c2cccs2)cc1. The van der Waals surface area contributed by atoms with Gasteiger partial charge in [-0.25, -0.2) is 9.18 Å². The molecule has 12 heteroatoms. The average Bonchev–Trinajstić information content (AvgIpc) is 3.81. The van der Waals surface area contributed by atoms with Crippen molar-refractivity contribution in [2.45, 2.75) is 57.2 Å². The first-order chi connectivity index (χ1) is 23.6. The Morgan fingerprint density at radius 2 is 1.92 bits per heavy atom. The van der Waals surface area contributed by atoms with E-state index in [9.17, 15) is 19.2 Å². The molecular formula is C37H39FN3O7S. The summed E-state index contributed by atoms with van der Waals surface area (Å²) in [5.41, 5.74) is 0.985. The first kappa shape index (κ1) is 34.3. The molecule has 4 aromatic rings. The number of fused-ring (bicyclic) bond motifs is 1. The normalized spacial score (nSPS) is 17.4. The van der Waals surface area contributed by atoms with Gasteiger partial charge < -0.3 is 29.0 Å². The lowest BCUT2D eigenvalue weighted by atomic mass is 9.98. The number of hydrogen-bond donors (Lipinski definition) is 1. The number of rotatable bonds is 12. The molecule has 6 rings (SSSR count). The van der Waals surface area contributed by atoms with Crippen LogP contribution in [-0.2, 0) is 14.3 Å². The molecule has 3 heterocycles. The number of hydrogen-bond acceptors (Lipinski definition) is 10. The molecule has 3 unspecified atom stereocenters. The standard InChI is InChI=1S/C37H39FN3O7S/c1-5-26(48-36(44)22(3)23-8-10-24(11-9-23)33(42)30-7-6-16-49-30)20-47-37(45)28-19-41(25-12-13-25)31-27(34(28)43)17-29(38)32(35(31)46-4)40-15-14-39-21(2)18-40/h6-11,16-17,19,21-22,25-26,39H,1,5,12-15,18,20H2,2-4H3. The molecule has 1 aliphatic carbocycles. The molecule has 0 amide bonds. The Hall–Kier alpha value is -4.55. The molecule has 1 N–H and O–H groups in total. The topological polar surface area (TPSA) is 116 Å². The summed E-state index contributed by atoms with van der Waals surface area (Å²) in [5, 5.41) is 5.21. The van der Waals surface area contributed by atoms with Gasteiger partial charge in [0.05, 0.1) is 28.8 Å². The number of ketones is 1. The summed E-state index contributed by atoms with van der Waals surface area (Å²) >= 11 is 1.36. The highest BCUT2D eigenvalue weighted by molar-refractivity contribution is 7.12. The number of methoxy groups -OCH3 is 1. The molecule has 257 valence electrons. The van der Waals surface area contributed by atoms with Crippen LogP contribution < -0.4 is 20.4 Å². The minimum Gasteiger partial charge on any atom is -0.492 e. The largest absolute Gasteiger partial charge is 0.492 e. The molecule has 0 bridgehead atoms. The summed E-state index contributed by atoms with van der Waals surface area (Å²) in [6.45, 7) is 9.02. The van der Waals surface area contributed by atoms with Crippen LogP contribution in [0, 0.1) is 12.7 Å². The molecule has 49 heavy (non-hydrogen) atoms. The molecule has 1 radical (unpaired) electrons. The fourth-order valence-corrected chi connectivity index (χ4v) is 6.84. The van der Waals surface area contributed by atoms with Crippen molar-refractivity contribution < 1.29 is 33.0 Å². The van der Waals surface area contributed by atoms with Crippen LogP contribution in [0.2, 0.25) is 0 Å². The lowest BCUT2D eigenvalue weighted by molar-refractivity contribution is -0.152. The van der Waals surface area contributed by atoms with E-state index in [4.69, 9.17) is 14.2 Å². The predicted molar refractivity (Wildman–Crippen MR) is 185 cm³/mol. The molecule has 3 atom stereocenters. The zero-order valence-corrected chi connectivity index (χ0v) is 28.5. The van der Waals surface area contributed by atoms with Gasteiger partial charge in [0, 0.05) is 43.5 Å². The number of esters is 2. The Morgan fingerprint density at radius 1 is 1.16 bits per heavy atom. The van der Waals surface area contributed by atoms with E-state index in [0.29, 0.717) is 46.8 Å². The average molecular weight is 689 g/mol. The van der Waals surface area contributed by atoms with E-state index < -0.39 is 35.2 Å². The van der Waals surface area contributed by atoms with E-state index >= 15 is 4.39 Å². The Bertz CT molecular complexity index is 1920. The maximum absolute atomic E-state index is 15.8. The van der Waals surface area contributed by atoms with Crippen LogP contribution in [-0.4, -0.2) is 67.8 Å². The Labute approximate surface area is 287 Å². The van der Waals surface area contributed by atoms with Crippen molar-refractivity contribution in [3.05, 3.63) is 98.6 Å². The molecular weight excluding hydrogens is 649 g/mol. The monoisotopic (exact) mass is 688 g/mol. The molecule has 2 aromatic heterocycles. The fraction of sp³-hybridized carbons (Fsp3) is 0.378. The van der Waals surface area contributed by atoms with Gasteiger partial charge in [-0.3, -0.25) is 14.4 Å². The maximum atomic E-state index is 15.8. The first-order valence-electron chi connectivity index (χ1n) is 16.4. The van der Waals surface area contributed by atoms with Crippen molar-refractivity contribution in [3.8, 4) is 5.75 Å². The van der Waals surface area contributed by atoms with Crippen molar-refractivity contribution in [1.82, 2.24) is 9.88 Å². The van der Waals surface area contributed by atoms with Gasteiger partial charge in [0.25, 0.3) is 0 Å². The van der Waals surface area contributed by atoms with Gasteiger partial charge in [-0.2, -0.15) is 0 Å². The van der Waals surface area contributed by atoms with Crippen LogP contribution in [0.1, 0.15) is 76.2 Å². The molecule has 1 aliphatic heterocycles. The summed E-state index contributed by atoms with van der Waals surface area (Å²) in [4.78, 5) is 55.3. The Morgan fingerprint density at radius 3 is 2.55 bits per heavy atom. The van der Waals surface area contributed by atoms with Gasteiger partial charge in [-0.1, -0.05) is 30.3 Å². The Kier molecular flexibility index (Phi) is 10.2. The number of aromatic nitrogens is 1. The third kappa shape index (κ3) is 7.11. The predicted octanol–water partition coefficient (Wildman–Crippen LogP) is 5.67. The van der Waals surface area contributed by atoms with E-state index in [2.05, 4.69) is 12.2 Å². The van der Waals surface area contributed by atoms with Crippen molar-refractivity contribution in [3.63, 3.8) is 0 Å². The quantitative estimate of drug-likeness (QED) is 0.149. The van der Waals surface area contributed by atoms with Gasteiger partial charge in [-0.15, -0.1) is 11.3 Å². The van der Waals surface area contributed by atoms with Crippen LogP contribution in [0.5, 0.6) is 5.75 Å². The van der Waals surface area contributed by atoms with Crippen molar-refractivity contribution in [2.75, 3.05) is 38.3 Å².